The van der Waals surface area contributed by atoms with Crippen LogP contribution in [0.15, 0.2) is 11.6 Å². The second kappa shape index (κ2) is 6.42. The van der Waals surface area contributed by atoms with Crippen molar-refractivity contribution in [1.82, 2.24) is 0 Å². The Morgan fingerprint density at radius 2 is 2.04 bits per heavy atom. The maximum atomic E-state index is 12.0. The van der Waals surface area contributed by atoms with Crippen LogP contribution in [0.4, 0.5) is 0 Å². The molecule has 0 saturated heterocycles. The number of carbonyl (C=O) groups is 2. The molecule has 0 spiro atoms. The van der Waals surface area contributed by atoms with E-state index in [0.717, 1.165) is 38.5 Å². The average molecular weight is 350 g/mol. The summed E-state index contributed by atoms with van der Waals surface area (Å²) in [5.41, 5.74) is -0.0973. The molecule has 3 rings (SSSR count). The minimum atomic E-state index is -1.11. The van der Waals surface area contributed by atoms with Gasteiger partial charge < -0.3 is 14.9 Å². The first-order valence-corrected chi connectivity index (χ1v) is 9.51. The van der Waals surface area contributed by atoms with Crippen LogP contribution < -0.4 is 0 Å². The molecule has 0 aromatic carbocycles. The molecule has 140 valence electrons. The fourth-order valence-corrected chi connectivity index (χ4v) is 6.11. The average Bonchev–Trinajstić information content (AvgIpc) is 2.84. The summed E-state index contributed by atoms with van der Waals surface area (Å²) in [7, 11) is 0. The molecule has 3 aliphatic rings. The van der Waals surface area contributed by atoms with E-state index in [1.807, 2.05) is 6.92 Å². The van der Waals surface area contributed by atoms with Gasteiger partial charge in [-0.1, -0.05) is 26.7 Å². The van der Waals surface area contributed by atoms with Gasteiger partial charge in [-0.05, 0) is 68.3 Å². The molecule has 0 aromatic heterocycles. The monoisotopic (exact) mass is 350 g/mol. The molecule has 6 atom stereocenters. The summed E-state index contributed by atoms with van der Waals surface area (Å²) in [5, 5.41) is 19.3. The highest BCUT2D eigenvalue weighted by Crippen LogP contribution is 2.62. The van der Waals surface area contributed by atoms with Gasteiger partial charge in [0, 0.05) is 5.57 Å². The molecule has 2 N–H and O–H groups in total. The van der Waals surface area contributed by atoms with Crippen molar-refractivity contribution in [1.29, 1.82) is 0 Å². The van der Waals surface area contributed by atoms with Gasteiger partial charge in [0.15, 0.2) is 0 Å². The molecule has 1 aliphatic heterocycles. The number of hydrogen-bond acceptors (Lipinski definition) is 4. The molecule has 0 amide bonds. The van der Waals surface area contributed by atoms with E-state index in [1.165, 1.54) is 6.08 Å². The number of ether oxygens (including phenoxy) is 1. The lowest BCUT2D eigenvalue weighted by Gasteiger charge is -2.58. The van der Waals surface area contributed by atoms with Crippen molar-refractivity contribution in [3.05, 3.63) is 11.6 Å². The summed E-state index contributed by atoms with van der Waals surface area (Å²) in [6.07, 6.45) is 6.60. The molecule has 1 heterocycles. The van der Waals surface area contributed by atoms with Crippen molar-refractivity contribution in [2.45, 2.75) is 72.0 Å². The van der Waals surface area contributed by atoms with Crippen LogP contribution in [0.1, 0.15) is 65.7 Å². The van der Waals surface area contributed by atoms with Crippen LogP contribution in [0, 0.1) is 28.6 Å². The van der Waals surface area contributed by atoms with Crippen LogP contribution in [0.5, 0.6) is 0 Å². The van der Waals surface area contributed by atoms with Crippen LogP contribution in [0.3, 0.4) is 0 Å². The Hall–Kier alpha value is -1.36. The fourth-order valence-electron chi connectivity index (χ4n) is 6.11. The van der Waals surface area contributed by atoms with Crippen molar-refractivity contribution in [3.8, 4) is 0 Å². The van der Waals surface area contributed by atoms with Crippen molar-refractivity contribution in [2.24, 2.45) is 28.6 Å². The largest absolute Gasteiger partial charge is 0.481 e. The van der Waals surface area contributed by atoms with Crippen LogP contribution in [0.2, 0.25) is 0 Å². The summed E-state index contributed by atoms with van der Waals surface area (Å²) >= 11 is 0. The zero-order chi connectivity index (χ0) is 18.4. The molecule has 5 nitrogen and oxygen atoms in total. The van der Waals surface area contributed by atoms with Gasteiger partial charge in [-0.3, -0.25) is 4.79 Å². The van der Waals surface area contributed by atoms with Crippen molar-refractivity contribution < 1.29 is 24.5 Å². The summed E-state index contributed by atoms with van der Waals surface area (Å²) in [6, 6.07) is 0. The Morgan fingerprint density at radius 1 is 1.32 bits per heavy atom. The van der Waals surface area contributed by atoms with Gasteiger partial charge in [0.05, 0.1) is 5.41 Å². The van der Waals surface area contributed by atoms with Crippen LogP contribution in [-0.2, 0) is 14.3 Å². The second-order valence-electron chi connectivity index (χ2n) is 8.82. The van der Waals surface area contributed by atoms with Gasteiger partial charge >= 0.3 is 11.9 Å². The first kappa shape index (κ1) is 18.4. The lowest BCUT2D eigenvalue weighted by Crippen LogP contribution is -2.54. The first-order chi connectivity index (χ1) is 11.7. The molecule has 0 bridgehead atoms. The minimum absolute atomic E-state index is 0.00918. The molecule has 2 saturated carbocycles. The number of cyclic esters (lactones) is 1. The third kappa shape index (κ3) is 3.01. The third-order valence-electron chi connectivity index (χ3n) is 7.47. The summed E-state index contributed by atoms with van der Waals surface area (Å²) in [4.78, 5) is 23.8. The number of aliphatic carboxylic acids is 1. The van der Waals surface area contributed by atoms with Crippen molar-refractivity contribution in [3.63, 3.8) is 0 Å². The molecule has 0 radical (unpaired) electrons. The number of carboxylic acids is 1. The number of carboxylic acid groups (broad SMARTS) is 1. The Bertz CT molecular complexity index is 597. The third-order valence-corrected chi connectivity index (χ3v) is 7.47. The number of aliphatic hydroxyl groups excluding tert-OH is 1. The smallest absolute Gasteiger partial charge is 0.336 e. The van der Waals surface area contributed by atoms with Gasteiger partial charge in [-0.15, -0.1) is 0 Å². The lowest BCUT2D eigenvalue weighted by atomic mass is 9.45. The highest BCUT2D eigenvalue weighted by molar-refractivity contribution is 5.90. The van der Waals surface area contributed by atoms with Crippen molar-refractivity contribution in [2.75, 3.05) is 0 Å². The van der Waals surface area contributed by atoms with E-state index < -0.39 is 23.6 Å². The molecule has 2 aliphatic carbocycles. The predicted octanol–water partition coefficient (Wildman–Crippen LogP) is 3.51. The highest BCUT2D eigenvalue weighted by atomic mass is 16.6. The number of aliphatic hydroxyl groups is 1. The number of esters is 1. The lowest BCUT2D eigenvalue weighted by molar-refractivity contribution is -0.169. The maximum absolute atomic E-state index is 12.0. The Morgan fingerprint density at radius 3 is 2.64 bits per heavy atom. The first-order valence-electron chi connectivity index (χ1n) is 9.51. The van der Waals surface area contributed by atoms with Gasteiger partial charge in [0.25, 0.3) is 0 Å². The van der Waals surface area contributed by atoms with E-state index in [0.29, 0.717) is 23.8 Å². The molecular weight excluding hydrogens is 320 g/mol. The Kier molecular flexibility index (Phi) is 4.73. The quantitative estimate of drug-likeness (QED) is 0.758. The molecule has 5 heteroatoms. The predicted molar refractivity (Wildman–Crippen MR) is 92.5 cm³/mol. The van der Waals surface area contributed by atoms with E-state index in [4.69, 9.17) is 4.74 Å². The zero-order valence-electron chi connectivity index (χ0n) is 15.5. The normalized spacial score (nSPS) is 44.0. The topological polar surface area (TPSA) is 83.8 Å². The van der Waals surface area contributed by atoms with Crippen LogP contribution >= 0.6 is 0 Å². The summed E-state index contributed by atoms with van der Waals surface area (Å²) < 4.78 is 4.78. The Labute approximate surface area is 149 Å². The minimum Gasteiger partial charge on any atom is -0.481 e. The van der Waals surface area contributed by atoms with E-state index >= 15 is 0 Å². The number of hydrogen-bond donors (Lipinski definition) is 2. The van der Waals surface area contributed by atoms with E-state index in [1.54, 1.807) is 0 Å². The summed E-state index contributed by atoms with van der Waals surface area (Å²) in [5.74, 6) is -0.00169. The van der Waals surface area contributed by atoms with Crippen LogP contribution in [-0.4, -0.2) is 28.4 Å². The standard InChI is InChI=1S/C20H30O5/c1-12-5-8-15-19(2,9-4-10-20(15,3)18(23)24)14(12)7-6-13-11-16(21)25-17(13)22/h11-12,14-16,21H,4-10H2,1-3H3,(H,23,24)/t12?,14-,15?,16?,19+,20-/m0/s1. The number of rotatable bonds is 4. The van der Waals surface area contributed by atoms with Gasteiger partial charge in [-0.25, -0.2) is 4.79 Å². The zero-order valence-corrected chi connectivity index (χ0v) is 15.5. The Balaban J connectivity index is 1.81. The van der Waals surface area contributed by atoms with E-state index in [-0.39, 0.29) is 11.3 Å². The number of fused-ring (bicyclic) bond motifs is 1. The molecule has 0 aromatic rings. The van der Waals surface area contributed by atoms with Crippen LogP contribution in [0.25, 0.3) is 0 Å². The van der Waals surface area contributed by atoms with Gasteiger partial charge in [0.1, 0.15) is 0 Å². The SMILES string of the molecule is CC1CCC2[C@](C)(CCC[C@]2(C)C(=O)O)[C@H]1CCC1=CC(O)OC1=O. The molecule has 2 fully saturated rings. The molecule has 25 heavy (non-hydrogen) atoms. The molecule has 3 unspecified atom stereocenters. The van der Waals surface area contributed by atoms with E-state index in [9.17, 15) is 19.8 Å². The highest BCUT2D eigenvalue weighted by Gasteiger charge is 2.57. The maximum Gasteiger partial charge on any atom is 0.336 e. The summed E-state index contributed by atoms with van der Waals surface area (Å²) in [6.45, 7) is 6.46. The second-order valence-corrected chi connectivity index (χ2v) is 8.82. The number of carbonyl (C=O) groups excluding carboxylic acids is 1. The molecular formula is C20H30O5. The van der Waals surface area contributed by atoms with Gasteiger partial charge in [-0.2, -0.15) is 0 Å². The van der Waals surface area contributed by atoms with Crippen molar-refractivity contribution >= 4 is 11.9 Å². The fraction of sp³-hybridized carbons (Fsp3) is 0.800. The van der Waals surface area contributed by atoms with Gasteiger partial charge in [0.2, 0.25) is 6.29 Å². The van der Waals surface area contributed by atoms with E-state index in [2.05, 4.69) is 13.8 Å².